The summed E-state index contributed by atoms with van der Waals surface area (Å²) in [6.07, 6.45) is -0.174. The third-order valence-electron chi connectivity index (χ3n) is 2.22. The van der Waals surface area contributed by atoms with Crippen molar-refractivity contribution in [1.82, 2.24) is 0 Å². The molecule has 3 nitrogen and oxygen atoms in total. The molecule has 0 heterocycles. The van der Waals surface area contributed by atoms with Crippen LogP contribution in [0.5, 0.6) is 0 Å². The zero-order valence-corrected chi connectivity index (χ0v) is 8.82. The molecule has 0 fully saturated rings. The molecule has 1 aromatic carbocycles. The molecule has 0 bridgehead atoms. The molecule has 0 aromatic heterocycles. The van der Waals surface area contributed by atoms with Gasteiger partial charge in [0.25, 0.3) is 0 Å². The molecule has 0 aliphatic rings. The number of nitrogens with zero attached hydrogens (tertiary/aromatic N) is 1. The molecule has 1 unspecified atom stereocenters. The predicted octanol–water partition coefficient (Wildman–Crippen LogP) is 1.69. The molecule has 0 saturated heterocycles. The lowest BCUT2D eigenvalue weighted by Crippen LogP contribution is -2.26. The highest BCUT2D eigenvalue weighted by atomic mass is 16.3. The standard InChI is InChI=1S/C12H13NO2/c1-9-3-5-11(6-4-9)12(15,8-13)7-10(2)14/h3-6,15H,7H2,1-2H3. The quantitative estimate of drug-likeness (QED) is 0.760. The molecule has 0 aliphatic carbocycles. The second kappa shape index (κ2) is 4.24. The van der Waals surface area contributed by atoms with Gasteiger partial charge in [0.05, 0.1) is 6.42 Å². The number of aryl methyl sites for hydroxylation is 1. The first kappa shape index (κ1) is 11.4. The minimum Gasteiger partial charge on any atom is -0.371 e. The van der Waals surface area contributed by atoms with E-state index in [0.29, 0.717) is 5.56 Å². The van der Waals surface area contributed by atoms with Crippen molar-refractivity contribution in [2.45, 2.75) is 25.9 Å². The van der Waals surface area contributed by atoms with Crippen LogP contribution in [0.25, 0.3) is 0 Å². The number of aliphatic hydroxyl groups is 1. The summed E-state index contributed by atoms with van der Waals surface area (Å²) >= 11 is 0. The fourth-order valence-corrected chi connectivity index (χ4v) is 1.40. The highest BCUT2D eigenvalue weighted by Gasteiger charge is 2.30. The number of benzene rings is 1. The van der Waals surface area contributed by atoms with Crippen LogP contribution in [-0.2, 0) is 10.4 Å². The Kier molecular flexibility index (Phi) is 3.23. The van der Waals surface area contributed by atoms with Gasteiger partial charge in [-0.3, -0.25) is 4.79 Å². The van der Waals surface area contributed by atoms with Gasteiger partial charge in [0.2, 0.25) is 0 Å². The molecule has 1 rings (SSSR count). The van der Waals surface area contributed by atoms with Crippen molar-refractivity contribution in [3.63, 3.8) is 0 Å². The van der Waals surface area contributed by atoms with Gasteiger partial charge in [-0.25, -0.2) is 0 Å². The van der Waals surface area contributed by atoms with E-state index in [1.807, 2.05) is 6.92 Å². The SMILES string of the molecule is CC(=O)CC(O)(C#N)c1ccc(C)cc1. The Hall–Kier alpha value is -1.66. The van der Waals surface area contributed by atoms with Crippen molar-refractivity contribution in [2.75, 3.05) is 0 Å². The van der Waals surface area contributed by atoms with E-state index in [9.17, 15) is 9.90 Å². The van der Waals surface area contributed by atoms with Crippen molar-refractivity contribution in [3.05, 3.63) is 35.4 Å². The van der Waals surface area contributed by atoms with Gasteiger partial charge in [0.15, 0.2) is 5.60 Å². The number of rotatable bonds is 3. The third kappa shape index (κ3) is 2.64. The second-order valence-corrected chi connectivity index (χ2v) is 3.72. The number of carbonyl (C=O) groups is 1. The average Bonchev–Trinajstić information content (AvgIpc) is 2.17. The minimum absolute atomic E-state index is 0.174. The van der Waals surface area contributed by atoms with Crippen LogP contribution in [0.4, 0.5) is 0 Å². The van der Waals surface area contributed by atoms with Crippen LogP contribution in [0.15, 0.2) is 24.3 Å². The lowest BCUT2D eigenvalue weighted by Gasteiger charge is -2.19. The largest absolute Gasteiger partial charge is 0.371 e. The summed E-state index contributed by atoms with van der Waals surface area (Å²) in [4.78, 5) is 10.9. The second-order valence-electron chi connectivity index (χ2n) is 3.72. The fraction of sp³-hybridized carbons (Fsp3) is 0.333. The van der Waals surface area contributed by atoms with Crippen LogP contribution in [0.2, 0.25) is 0 Å². The van der Waals surface area contributed by atoms with E-state index < -0.39 is 5.60 Å². The molecule has 1 aromatic rings. The molecule has 78 valence electrons. The van der Waals surface area contributed by atoms with Gasteiger partial charge in [0, 0.05) is 0 Å². The van der Waals surface area contributed by atoms with Crippen LogP contribution in [0.3, 0.4) is 0 Å². The van der Waals surface area contributed by atoms with Crippen LogP contribution in [0.1, 0.15) is 24.5 Å². The topological polar surface area (TPSA) is 61.1 Å². The molecule has 0 radical (unpaired) electrons. The fourth-order valence-electron chi connectivity index (χ4n) is 1.40. The Morgan fingerprint density at radius 3 is 2.40 bits per heavy atom. The summed E-state index contributed by atoms with van der Waals surface area (Å²) in [6.45, 7) is 3.27. The van der Waals surface area contributed by atoms with E-state index in [0.717, 1.165) is 5.56 Å². The monoisotopic (exact) mass is 203 g/mol. The zero-order chi connectivity index (χ0) is 11.5. The summed E-state index contributed by atoms with van der Waals surface area (Å²) < 4.78 is 0. The van der Waals surface area contributed by atoms with Crippen molar-refractivity contribution in [2.24, 2.45) is 0 Å². The molecule has 0 aliphatic heterocycles. The molecule has 0 spiro atoms. The van der Waals surface area contributed by atoms with Gasteiger partial charge in [0.1, 0.15) is 11.9 Å². The Bertz CT molecular complexity index is 403. The average molecular weight is 203 g/mol. The Labute approximate surface area is 89.0 Å². The van der Waals surface area contributed by atoms with Crippen LogP contribution >= 0.6 is 0 Å². The molecule has 1 N–H and O–H groups in total. The maximum Gasteiger partial charge on any atom is 0.183 e. The number of carbonyl (C=O) groups excluding carboxylic acids is 1. The van der Waals surface area contributed by atoms with E-state index >= 15 is 0 Å². The lowest BCUT2D eigenvalue weighted by atomic mass is 9.90. The summed E-state index contributed by atoms with van der Waals surface area (Å²) in [6, 6.07) is 8.72. The van der Waals surface area contributed by atoms with Crippen molar-refractivity contribution in [3.8, 4) is 6.07 Å². The number of Topliss-reactive ketones (excluding diaryl/α,β-unsaturated/α-hetero) is 1. The maximum absolute atomic E-state index is 10.9. The molecule has 3 heteroatoms. The van der Waals surface area contributed by atoms with E-state index in [-0.39, 0.29) is 12.2 Å². The Morgan fingerprint density at radius 1 is 1.47 bits per heavy atom. The van der Waals surface area contributed by atoms with Crippen molar-refractivity contribution < 1.29 is 9.90 Å². The summed E-state index contributed by atoms with van der Waals surface area (Å²) in [5, 5.41) is 18.9. The van der Waals surface area contributed by atoms with Crippen LogP contribution < -0.4 is 0 Å². The van der Waals surface area contributed by atoms with Gasteiger partial charge in [-0.05, 0) is 19.4 Å². The number of nitriles is 1. The minimum atomic E-state index is -1.69. The third-order valence-corrected chi connectivity index (χ3v) is 2.22. The Morgan fingerprint density at radius 2 is 2.00 bits per heavy atom. The van der Waals surface area contributed by atoms with Crippen molar-refractivity contribution >= 4 is 5.78 Å². The van der Waals surface area contributed by atoms with Crippen LogP contribution in [-0.4, -0.2) is 10.9 Å². The van der Waals surface area contributed by atoms with Gasteiger partial charge in [-0.1, -0.05) is 29.8 Å². The smallest absolute Gasteiger partial charge is 0.183 e. The van der Waals surface area contributed by atoms with E-state index in [1.165, 1.54) is 6.92 Å². The van der Waals surface area contributed by atoms with Gasteiger partial charge < -0.3 is 5.11 Å². The normalized spacial score (nSPS) is 14.0. The zero-order valence-electron chi connectivity index (χ0n) is 8.82. The van der Waals surface area contributed by atoms with Gasteiger partial charge in [-0.15, -0.1) is 0 Å². The summed E-state index contributed by atoms with van der Waals surface area (Å²) in [5.41, 5.74) is -0.188. The molecule has 15 heavy (non-hydrogen) atoms. The highest BCUT2D eigenvalue weighted by Crippen LogP contribution is 2.24. The van der Waals surface area contributed by atoms with Gasteiger partial charge in [-0.2, -0.15) is 5.26 Å². The first-order chi connectivity index (χ1) is 6.98. The van der Waals surface area contributed by atoms with Gasteiger partial charge >= 0.3 is 0 Å². The number of hydrogen-bond acceptors (Lipinski definition) is 3. The molecular weight excluding hydrogens is 190 g/mol. The summed E-state index contributed by atoms with van der Waals surface area (Å²) in [5.74, 6) is -0.209. The van der Waals surface area contributed by atoms with E-state index in [4.69, 9.17) is 5.26 Å². The number of ketones is 1. The molecule has 0 amide bonds. The predicted molar refractivity (Wildman–Crippen MR) is 56.0 cm³/mol. The van der Waals surface area contributed by atoms with E-state index in [2.05, 4.69) is 0 Å². The first-order valence-electron chi connectivity index (χ1n) is 4.68. The lowest BCUT2D eigenvalue weighted by molar-refractivity contribution is -0.120. The molecule has 0 saturated carbocycles. The van der Waals surface area contributed by atoms with E-state index in [1.54, 1.807) is 30.3 Å². The molecule has 1 atom stereocenters. The maximum atomic E-state index is 10.9. The number of hydrogen-bond donors (Lipinski definition) is 1. The molecular formula is C12H13NO2. The van der Waals surface area contributed by atoms with Crippen LogP contribution in [0, 0.1) is 18.3 Å². The highest BCUT2D eigenvalue weighted by molar-refractivity contribution is 5.77. The summed E-state index contributed by atoms with van der Waals surface area (Å²) in [7, 11) is 0. The Balaban J connectivity index is 3.07. The van der Waals surface area contributed by atoms with Crippen molar-refractivity contribution in [1.29, 1.82) is 5.26 Å². The first-order valence-corrected chi connectivity index (χ1v) is 4.68.